The molecular formula is C20H26N2O3S2. The number of unbranched alkanes of at least 4 members (excludes halogenated alkanes) is 1. The van der Waals surface area contributed by atoms with Gasteiger partial charge in [0.05, 0.1) is 10.6 Å². The van der Waals surface area contributed by atoms with Crippen LogP contribution in [-0.2, 0) is 21.4 Å². The van der Waals surface area contributed by atoms with Crippen LogP contribution >= 0.6 is 11.8 Å². The van der Waals surface area contributed by atoms with Crippen LogP contribution in [0.15, 0.2) is 64.4 Å². The maximum absolute atomic E-state index is 12.7. The van der Waals surface area contributed by atoms with Gasteiger partial charge in [0.1, 0.15) is 0 Å². The Bertz CT molecular complexity index is 822. The molecule has 2 aromatic rings. The van der Waals surface area contributed by atoms with Crippen molar-refractivity contribution in [3.63, 3.8) is 0 Å². The van der Waals surface area contributed by atoms with E-state index in [4.69, 9.17) is 0 Å². The highest BCUT2D eigenvalue weighted by atomic mass is 32.2. The number of benzene rings is 2. The molecule has 2 rings (SSSR count). The molecule has 1 amide bonds. The molecule has 27 heavy (non-hydrogen) atoms. The van der Waals surface area contributed by atoms with E-state index >= 15 is 0 Å². The lowest BCUT2D eigenvalue weighted by atomic mass is 10.2. The van der Waals surface area contributed by atoms with Crippen LogP contribution in [0, 0.1) is 0 Å². The fraction of sp³-hybridized carbons (Fsp3) is 0.350. The number of carbonyl (C=O) groups excluding carboxylic acids is 1. The van der Waals surface area contributed by atoms with Crippen molar-refractivity contribution in [1.29, 1.82) is 0 Å². The summed E-state index contributed by atoms with van der Waals surface area (Å²) >= 11 is 1.40. The minimum Gasteiger partial charge on any atom is -0.355 e. The van der Waals surface area contributed by atoms with Crippen LogP contribution in [0.5, 0.6) is 0 Å². The lowest BCUT2D eigenvalue weighted by Crippen LogP contribution is -2.26. The van der Waals surface area contributed by atoms with Crippen LogP contribution in [0.25, 0.3) is 0 Å². The molecule has 0 saturated carbocycles. The quantitative estimate of drug-likeness (QED) is 0.484. The second-order valence-electron chi connectivity index (χ2n) is 6.21. The Labute approximate surface area is 166 Å². The Balaban J connectivity index is 1.93. The van der Waals surface area contributed by atoms with Gasteiger partial charge in [-0.2, -0.15) is 4.31 Å². The number of rotatable bonds is 10. The maximum atomic E-state index is 12.7. The first-order valence-electron chi connectivity index (χ1n) is 8.93. The Morgan fingerprint density at radius 2 is 1.74 bits per heavy atom. The van der Waals surface area contributed by atoms with Crippen LogP contribution in [0.2, 0.25) is 0 Å². The van der Waals surface area contributed by atoms with Gasteiger partial charge >= 0.3 is 0 Å². The fourth-order valence-electron chi connectivity index (χ4n) is 2.42. The summed E-state index contributed by atoms with van der Waals surface area (Å²) in [6, 6.07) is 16.1. The van der Waals surface area contributed by atoms with Crippen molar-refractivity contribution >= 4 is 27.7 Å². The average Bonchev–Trinajstić information content (AvgIpc) is 2.67. The van der Waals surface area contributed by atoms with Crippen molar-refractivity contribution < 1.29 is 13.2 Å². The van der Waals surface area contributed by atoms with Gasteiger partial charge in [0.25, 0.3) is 0 Å². The third kappa shape index (κ3) is 6.68. The van der Waals surface area contributed by atoms with Crippen LogP contribution in [-0.4, -0.2) is 38.0 Å². The predicted molar refractivity (Wildman–Crippen MR) is 110 cm³/mol. The number of amides is 1. The Morgan fingerprint density at radius 1 is 1.07 bits per heavy atom. The van der Waals surface area contributed by atoms with E-state index in [1.165, 1.54) is 16.1 Å². The lowest BCUT2D eigenvalue weighted by molar-refractivity contribution is -0.118. The summed E-state index contributed by atoms with van der Waals surface area (Å²) in [5, 5.41) is 2.87. The molecule has 0 spiro atoms. The van der Waals surface area contributed by atoms with Crippen LogP contribution < -0.4 is 5.32 Å². The standard InChI is InChI=1S/C20H26N2O3S2/c1-3-4-14-21-20(23)16-26-18-10-12-19(13-11-18)27(24,25)22(2)15-17-8-6-5-7-9-17/h5-13H,3-4,14-16H2,1-2H3,(H,21,23). The van der Waals surface area contributed by atoms with Gasteiger partial charge in [-0.3, -0.25) is 4.79 Å². The van der Waals surface area contributed by atoms with Gasteiger partial charge < -0.3 is 5.32 Å². The topological polar surface area (TPSA) is 66.5 Å². The molecule has 7 heteroatoms. The number of hydrogen-bond acceptors (Lipinski definition) is 4. The molecule has 146 valence electrons. The predicted octanol–water partition coefficient (Wildman–Crippen LogP) is 3.52. The van der Waals surface area contributed by atoms with Gasteiger partial charge in [-0.05, 0) is 36.2 Å². The highest BCUT2D eigenvalue weighted by molar-refractivity contribution is 8.00. The highest BCUT2D eigenvalue weighted by Gasteiger charge is 2.20. The van der Waals surface area contributed by atoms with Crippen molar-refractivity contribution in [2.75, 3.05) is 19.3 Å². The van der Waals surface area contributed by atoms with Gasteiger partial charge in [-0.15, -0.1) is 11.8 Å². The second-order valence-corrected chi connectivity index (χ2v) is 9.30. The summed E-state index contributed by atoms with van der Waals surface area (Å²) in [5.74, 6) is 0.316. The summed E-state index contributed by atoms with van der Waals surface area (Å²) in [6.45, 7) is 3.09. The summed E-state index contributed by atoms with van der Waals surface area (Å²) in [6.07, 6.45) is 2.02. The molecule has 0 heterocycles. The van der Waals surface area contributed by atoms with Crippen molar-refractivity contribution in [2.45, 2.75) is 36.1 Å². The van der Waals surface area contributed by atoms with Gasteiger partial charge in [0.2, 0.25) is 15.9 Å². The fourth-order valence-corrected chi connectivity index (χ4v) is 4.31. The van der Waals surface area contributed by atoms with Crippen molar-refractivity contribution in [2.24, 2.45) is 0 Å². The summed E-state index contributed by atoms with van der Waals surface area (Å²) in [5.41, 5.74) is 0.935. The molecule has 0 atom stereocenters. The SMILES string of the molecule is CCCCNC(=O)CSc1ccc(S(=O)(=O)N(C)Cc2ccccc2)cc1. The molecule has 0 unspecified atom stereocenters. The molecule has 2 aromatic carbocycles. The smallest absolute Gasteiger partial charge is 0.243 e. The van der Waals surface area contributed by atoms with Crippen LogP contribution in [0.4, 0.5) is 0 Å². The molecule has 0 aliphatic rings. The molecule has 0 bridgehead atoms. The number of nitrogens with zero attached hydrogens (tertiary/aromatic N) is 1. The first kappa shape index (κ1) is 21.5. The van der Waals surface area contributed by atoms with Gasteiger partial charge in [0, 0.05) is 25.0 Å². The van der Waals surface area contributed by atoms with Gasteiger partial charge in [0.15, 0.2) is 0 Å². The molecule has 0 aromatic heterocycles. The second kappa shape index (κ2) is 10.5. The minimum absolute atomic E-state index is 0.00672. The zero-order chi connectivity index (χ0) is 19.7. The average molecular weight is 407 g/mol. The zero-order valence-electron chi connectivity index (χ0n) is 15.7. The Kier molecular flexibility index (Phi) is 8.34. The van der Waals surface area contributed by atoms with E-state index in [-0.39, 0.29) is 10.8 Å². The molecule has 0 aliphatic carbocycles. The summed E-state index contributed by atoms with van der Waals surface area (Å²) in [4.78, 5) is 12.9. The molecular weight excluding hydrogens is 380 g/mol. The maximum Gasteiger partial charge on any atom is 0.243 e. The zero-order valence-corrected chi connectivity index (χ0v) is 17.4. The van der Waals surface area contributed by atoms with Gasteiger partial charge in [-0.25, -0.2) is 8.42 Å². The number of thioether (sulfide) groups is 1. The van der Waals surface area contributed by atoms with Crippen molar-refractivity contribution in [3.8, 4) is 0 Å². The lowest BCUT2D eigenvalue weighted by Gasteiger charge is -2.17. The van der Waals surface area contributed by atoms with E-state index < -0.39 is 10.0 Å². The molecule has 5 nitrogen and oxygen atoms in total. The largest absolute Gasteiger partial charge is 0.355 e. The van der Waals surface area contributed by atoms with E-state index in [9.17, 15) is 13.2 Å². The van der Waals surface area contributed by atoms with Crippen molar-refractivity contribution in [1.82, 2.24) is 9.62 Å². The highest BCUT2D eigenvalue weighted by Crippen LogP contribution is 2.22. The molecule has 0 fully saturated rings. The number of sulfonamides is 1. The van der Waals surface area contributed by atoms with Crippen molar-refractivity contribution in [3.05, 3.63) is 60.2 Å². The Morgan fingerprint density at radius 3 is 2.37 bits per heavy atom. The third-order valence-electron chi connectivity index (χ3n) is 4.00. The number of carbonyl (C=O) groups is 1. The van der Waals surface area contributed by atoms with E-state index in [2.05, 4.69) is 12.2 Å². The van der Waals surface area contributed by atoms with E-state index in [0.29, 0.717) is 18.8 Å². The van der Waals surface area contributed by atoms with E-state index in [0.717, 1.165) is 23.3 Å². The summed E-state index contributed by atoms with van der Waals surface area (Å²) < 4.78 is 26.8. The number of hydrogen-bond donors (Lipinski definition) is 1. The monoisotopic (exact) mass is 406 g/mol. The minimum atomic E-state index is -3.56. The van der Waals surface area contributed by atoms with E-state index in [1.807, 2.05) is 30.3 Å². The van der Waals surface area contributed by atoms with Crippen LogP contribution in [0.1, 0.15) is 25.3 Å². The first-order chi connectivity index (χ1) is 12.9. The summed E-state index contributed by atoms with van der Waals surface area (Å²) in [7, 11) is -1.98. The third-order valence-corrected chi connectivity index (χ3v) is 6.83. The molecule has 1 N–H and O–H groups in total. The first-order valence-corrected chi connectivity index (χ1v) is 11.4. The number of nitrogens with one attached hydrogen (secondary N) is 1. The molecule has 0 aliphatic heterocycles. The molecule has 0 radical (unpaired) electrons. The van der Waals surface area contributed by atoms with Gasteiger partial charge in [-0.1, -0.05) is 43.7 Å². The normalized spacial score (nSPS) is 11.5. The Hall–Kier alpha value is -1.83. The van der Waals surface area contributed by atoms with E-state index in [1.54, 1.807) is 31.3 Å². The van der Waals surface area contributed by atoms with Crippen LogP contribution in [0.3, 0.4) is 0 Å². The molecule has 0 saturated heterocycles.